The molecule has 0 aliphatic carbocycles. The van der Waals surface area contributed by atoms with E-state index in [2.05, 4.69) is 27.0 Å². The first kappa shape index (κ1) is 21.6. The molecule has 0 fully saturated rings. The van der Waals surface area contributed by atoms with Gasteiger partial charge in [-0.1, -0.05) is 15.9 Å². The second-order valence-electron chi connectivity index (χ2n) is 7.87. The van der Waals surface area contributed by atoms with Gasteiger partial charge in [0.2, 0.25) is 6.23 Å². The summed E-state index contributed by atoms with van der Waals surface area (Å²) in [7, 11) is 3.28. The molecule has 3 aromatic carbocycles. The molecule has 2 atom stereocenters. The lowest BCUT2D eigenvalue weighted by atomic mass is 9.95. The Hall–Kier alpha value is -3.19. The number of fused-ring (bicyclic) bond motifs is 3. The Morgan fingerprint density at radius 2 is 1.79 bits per heavy atom. The van der Waals surface area contributed by atoms with Crippen LogP contribution in [0.25, 0.3) is 0 Å². The first-order valence-corrected chi connectivity index (χ1v) is 11.7. The molecule has 2 aliphatic rings. The molecule has 2 aliphatic heterocycles. The maximum absolute atomic E-state index is 6.46. The van der Waals surface area contributed by atoms with Gasteiger partial charge in [0, 0.05) is 27.6 Å². The number of benzene rings is 3. The summed E-state index contributed by atoms with van der Waals surface area (Å²) < 4.78 is 24.0. The third-order valence-electron chi connectivity index (χ3n) is 5.94. The van der Waals surface area contributed by atoms with Gasteiger partial charge in [0.05, 0.1) is 32.6 Å². The Bertz CT molecular complexity index is 1200. The molecule has 3 aromatic rings. The molecule has 7 heteroatoms. The molecule has 33 heavy (non-hydrogen) atoms. The molecule has 5 rings (SSSR count). The van der Waals surface area contributed by atoms with Crippen molar-refractivity contribution in [1.82, 2.24) is 5.01 Å². The van der Waals surface area contributed by atoms with Gasteiger partial charge in [0.15, 0.2) is 11.5 Å². The second-order valence-corrected chi connectivity index (χ2v) is 8.79. The summed E-state index contributed by atoms with van der Waals surface area (Å²) in [4.78, 5) is 0. The average Bonchev–Trinajstić information content (AvgIpc) is 3.30. The minimum absolute atomic E-state index is 0.0610. The van der Waals surface area contributed by atoms with Gasteiger partial charge in [-0.3, -0.25) is 0 Å². The molecular formula is C26H25BrN2O4. The van der Waals surface area contributed by atoms with Crippen LogP contribution in [0.2, 0.25) is 0 Å². The van der Waals surface area contributed by atoms with Crippen LogP contribution >= 0.6 is 15.9 Å². The summed E-state index contributed by atoms with van der Waals surface area (Å²) in [5.74, 6) is 3.10. The summed E-state index contributed by atoms with van der Waals surface area (Å²) in [6.07, 6.45) is 0.424. The lowest BCUT2D eigenvalue weighted by molar-refractivity contribution is -0.0191. The number of ether oxygens (including phenoxy) is 4. The van der Waals surface area contributed by atoms with Gasteiger partial charge in [0.25, 0.3) is 0 Å². The SMILES string of the molecule is CCOc1ccc([C@@H]2Oc3ccc(Br)cc3[C@@H]3CC(c4ccc(OC)c(OC)c4)=NN32)cc1. The molecule has 0 unspecified atom stereocenters. The summed E-state index contributed by atoms with van der Waals surface area (Å²) in [6, 6.07) is 20.2. The quantitative estimate of drug-likeness (QED) is 0.402. The molecule has 0 aromatic heterocycles. The number of nitrogens with zero attached hydrogens (tertiary/aromatic N) is 2. The zero-order chi connectivity index (χ0) is 22.9. The maximum Gasteiger partial charge on any atom is 0.213 e. The Kier molecular flexibility index (Phi) is 5.89. The van der Waals surface area contributed by atoms with Gasteiger partial charge in [-0.15, -0.1) is 0 Å². The van der Waals surface area contributed by atoms with Crippen LogP contribution < -0.4 is 18.9 Å². The highest BCUT2D eigenvalue weighted by atomic mass is 79.9. The standard InChI is InChI=1S/C26H25BrN2O4/c1-4-32-19-9-5-16(6-10-19)26-29-22(20-14-18(27)8-12-23(20)33-26)15-21(28-29)17-7-11-24(30-2)25(13-17)31-3/h5-14,22,26H,4,15H2,1-3H3/t22-,26-/m0/s1. The number of hydrogen-bond acceptors (Lipinski definition) is 6. The normalized spacial score (nSPS) is 18.7. The van der Waals surface area contributed by atoms with Crippen molar-refractivity contribution in [3.63, 3.8) is 0 Å². The van der Waals surface area contributed by atoms with Gasteiger partial charge in [-0.2, -0.15) is 5.10 Å². The Morgan fingerprint density at radius 1 is 1.00 bits per heavy atom. The van der Waals surface area contributed by atoms with Crippen LogP contribution in [0.1, 0.15) is 42.3 Å². The lowest BCUT2D eigenvalue weighted by Gasteiger charge is -2.38. The minimum Gasteiger partial charge on any atom is -0.494 e. The number of halogens is 1. The minimum atomic E-state index is -0.336. The summed E-state index contributed by atoms with van der Waals surface area (Å²) in [5, 5.41) is 7.10. The molecule has 0 saturated carbocycles. The van der Waals surface area contributed by atoms with E-state index >= 15 is 0 Å². The fourth-order valence-corrected chi connectivity index (χ4v) is 4.74. The van der Waals surface area contributed by atoms with Crippen LogP contribution in [0, 0.1) is 0 Å². The number of hydrazone groups is 1. The van der Waals surface area contributed by atoms with Crippen LogP contribution in [0.4, 0.5) is 0 Å². The van der Waals surface area contributed by atoms with Crippen molar-refractivity contribution in [3.05, 3.63) is 81.8 Å². The third-order valence-corrected chi connectivity index (χ3v) is 6.44. The van der Waals surface area contributed by atoms with E-state index in [1.165, 1.54) is 0 Å². The van der Waals surface area contributed by atoms with Crippen molar-refractivity contribution >= 4 is 21.6 Å². The first-order chi connectivity index (χ1) is 16.1. The van der Waals surface area contributed by atoms with Crippen LogP contribution in [0.5, 0.6) is 23.0 Å². The van der Waals surface area contributed by atoms with Crippen molar-refractivity contribution < 1.29 is 18.9 Å². The van der Waals surface area contributed by atoms with Gasteiger partial charge in [-0.05, 0) is 67.6 Å². The topological polar surface area (TPSA) is 52.5 Å². The zero-order valence-corrected chi connectivity index (χ0v) is 20.3. The van der Waals surface area contributed by atoms with Gasteiger partial charge in [0.1, 0.15) is 11.5 Å². The highest BCUT2D eigenvalue weighted by Gasteiger charge is 2.41. The highest BCUT2D eigenvalue weighted by Crippen LogP contribution is 2.48. The third kappa shape index (κ3) is 4.02. The molecule has 0 N–H and O–H groups in total. The molecule has 0 spiro atoms. The van der Waals surface area contributed by atoms with Crippen molar-refractivity contribution in [2.75, 3.05) is 20.8 Å². The van der Waals surface area contributed by atoms with E-state index in [0.29, 0.717) is 18.1 Å². The first-order valence-electron chi connectivity index (χ1n) is 10.9. The van der Waals surface area contributed by atoms with Gasteiger partial charge in [-0.25, -0.2) is 5.01 Å². The largest absolute Gasteiger partial charge is 0.494 e. The number of hydrogen-bond donors (Lipinski definition) is 0. The molecule has 6 nitrogen and oxygen atoms in total. The molecule has 0 saturated heterocycles. The molecule has 0 radical (unpaired) electrons. The fourth-order valence-electron chi connectivity index (χ4n) is 4.36. The number of rotatable bonds is 6. The summed E-state index contributed by atoms with van der Waals surface area (Å²) >= 11 is 3.61. The van der Waals surface area contributed by atoms with E-state index in [-0.39, 0.29) is 12.3 Å². The van der Waals surface area contributed by atoms with E-state index in [0.717, 1.165) is 44.8 Å². The molecule has 0 amide bonds. The predicted octanol–water partition coefficient (Wildman–Crippen LogP) is 6.11. The van der Waals surface area contributed by atoms with E-state index in [1.54, 1.807) is 14.2 Å². The number of methoxy groups -OCH3 is 2. The maximum atomic E-state index is 6.46. The van der Waals surface area contributed by atoms with Gasteiger partial charge < -0.3 is 18.9 Å². The van der Waals surface area contributed by atoms with Crippen LogP contribution in [-0.2, 0) is 0 Å². The van der Waals surface area contributed by atoms with Crippen molar-refractivity contribution in [2.24, 2.45) is 5.10 Å². The predicted molar refractivity (Wildman–Crippen MR) is 130 cm³/mol. The van der Waals surface area contributed by atoms with Gasteiger partial charge >= 0.3 is 0 Å². The Balaban J connectivity index is 1.55. The average molecular weight is 509 g/mol. The second kappa shape index (κ2) is 8.98. The highest BCUT2D eigenvalue weighted by molar-refractivity contribution is 9.10. The molecule has 0 bridgehead atoms. The van der Waals surface area contributed by atoms with Crippen molar-refractivity contribution in [1.29, 1.82) is 0 Å². The fraction of sp³-hybridized carbons (Fsp3) is 0.269. The molecule has 170 valence electrons. The summed E-state index contributed by atoms with van der Waals surface area (Å²) in [5.41, 5.74) is 4.12. The van der Waals surface area contributed by atoms with Crippen LogP contribution in [0.3, 0.4) is 0 Å². The Labute approximate surface area is 201 Å². The van der Waals surface area contributed by atoms with E-state index < -0.39 is 0 Å². The zero-order valence-electron chi connectivity index (χ0n) is 18.7. The molecular weight excluding hydrogens is 484 g/mol. The lowest BCUT2D eigenvalue weighted by Crippen LogP contribution is -2.33. The molecule has 2 heterocycles. The van der Waals surface area contributed by atoms with Crippen LogP contribution in [-0.4, -0.2) is 31.5 Å². The summed E-state index contributed by atoms with van der Waals surface area (Å²) in [6.45, 7) is 2.61. The Morgan fingerprint density at radius 3 is 2.52 bits per heavy atom. The smallest absolute Gasteiger partial charge is 0.213 e. The van der Waals surface area contributed by atoms with Crippen LogP contribution in [0.15, 0.2) is 70.2 Å². The van der Waals surface area contributed by atoms with E-state index in [9.17, 15) is 0 Å². The van der Waals surface area contributed by atoms with Crippen molar-refractivity contribution in [2.45, 2.75) is 25.6 Å². The van der Waals surface area contributed by atoms with E-state index in [4.69, 9.17) is 24.0 Å². The van der Waals surface area contributed by atoms with Crippen molar-refractivity contribution in [3.8, 4) is 23.0 Å². The monoisotopic (exact) mass is 508 g/mol. The van der Waals surface area contributed by atoms with E-state index in [1.807, 2.05) is 61.5 Å².